The fourth-order valence-electron chi connectivity index (χ4n) is 2.62. The number of esters is 2. The first-order valence-corrected chi connectivity index (χ1v) is 10.6. The van der Waals surface area contributed by atoms with Gasteiger partial charge in [-0.05, 0) is 58.0 Å². The number of nitrogens with one attached hydrogen (secondary N) is 2. The molecule has 0 bridgehead atoms. The third-order valence-electron chi connectivity index (χ3n) is 3.94. The summed E-state index contributed by atoms with van der Waals surface area (Å²) in [6.07, 6.45) is 2.76. The minimum atomic E-state index is -0.504. The second kappa shape index (κ2) is 10.9. The Balaban J connectivity index is 2.02. The molecule has 0 aromatic carbocycles. The zero-order valence-electron chi connectivity index (χ0n) is 17.0. The summed E-state index contributed by atoms with van der Waals surface area (Å²) in [6.45, 7) is 8.99. The Bertz CT molecular complexity index is 876. The molecule has 0 aliphatic heterocycles. The molecule has 0 fully saturated rings. The van der Waals surface area contributed by atoms with Crippen molar-refractivity contribution in [1.29, 1.82) is 0 Å². The minimum absolute atomic E-state index is 0.234. The monoisotopic (exact) mass is 438 g/mol. The number of hydrogen-bond donors (Lipinski definition) is 2. The van der Waals surface area contributed by atoms with Crippen molar-refractivity contribution in [2.75, 3.05) is 25.1 Å². The summed E-state index contributed by atoms with van der Waals surface area (Å²) in [6, 6.07) is 1.96. The van der Waals surface area contributed by atoms with E-state index in [4.69, 9.17) is 21.7 Å². The largest absolute Gasteiger partial charge is 0.462 e. The van der Waals surface area contributed by atoms with Crippen LogP contribution in [-0.2, 0) is 16.0 Å². The summed E-state index contributed by atoms with van der Waals surface area (Å²) in [5.41, 5.74) is 1.80. The third kappa shape index (κ3) is 6.26. The Kier molecular flexibility index (Phi) is 8.59. The fourth-order valence-corrected chi connectivity index (χ4v) is 3.98. The van der Waals surface area contributed by atoms with E-state index >= 15 is 0 Å². The van der Waals surface area contributed by atoms with Gasteiger partial charge in [0.1, 0.15) is 9.88 Å². The van der Waals surface area contributed by atoms with E-state index in [9.17, 15) is 9.59 Å². The number of aryl methyl sites for hydroxylation is 2. The fraction of sp³-hybridized carbons (Fsp3) is 0.474. The number of thiocarbonyl (C=S) groups is 1. The number of anilines is 1. The van der Waals surface area contributed by atoms with Crippen LogP contribution in [0.5, 0.6) is 0 Å². The predicted octanol–water partition coefficient (Wildman–Crippen LogP) is 3.29. The highest BCUT2D eigenvalue weighted by atomic mass is 32.1. The van der Waals surface area contributed by atoms with Gasteiger partial charge in [0.2, 0.25) is 0 Å². The van der Waals surface area contributed by atoms with Gasteiger partial charge in [0.05, 0.1) is 24.5 Å². The summed E-state index contributed by atoms with van der Waals surface area (Å²) < 4.78 is 12.1. The second-order valence-corrected chi connectivity index (χ2v) is 7.58. The summed E-state index contributed by atoms with van der Waals surface area (Å²) in [5, 5.41) is 11.3. The molecule has 0 spiro atoms. The molecule has 0 saturated heterocycles. The summed E-state index contributed by atoms with van der Waals surface area (Å²) in [4.78, 5) is 25.0. The SMILES string of the molecule is CCOC(=O)c1sc(NC(=S)NCCCn2ccc(C)n2)c(C(=O)OCC)c1C. The normalized spacial score (nSPS) is 10.5. The van der Waals surface area contributed by atoms with Gasteiger partial charge in [-0.15, -0.1) is 11.3 Å². The van der Waals surface area contributed by atoms with Crippen LogP contribution in [0.2, 0.25) is 0 Å². The van der Waals surface area contributed by atoms with E-state index in [2.05, 4.69) is 15.7 Å². The molecule has 0 aliphatic carbocycles. The van der Waals surface area contributed by atoms with Crippen LogP contribution in [0, 0.1) is 13.8 Å². The zero-order valence-corrected chi connectivity index (χ0v) is 18.7. The molecule has 29 heavy (non-hydrogen) atoms. The first-order chi connectivity index (χ1) is 13.9. The number of thiophene rings is 1. The van der Waals surface area contributed by atoms with Crippen LogP contribution in [-0.4, -0.2) is 46.6 Å². The topological polar surface area (TPSA) is 94.5 Å². The van der Waals surface area contributed by atoms with E-state index < -0.39 is 11.9 Å². The van der Waals surface area contributed by atoms with Gasteiger partial charge in [0.25, 0.3) is 0 Å². The molecule has 0 radical (unpaired) electrons. The average molecular weight is 439 g/mol. The molecule has 8 nitrogen and oxygen atoms in total. The van der Waals surface area contributed by atoms with Crippen molar-refractivity contribution in [2.45, 2.75) is 40.7 Å². The van der Waals surface area contributed by atoms with Gasteiger partial charge in [0, 0.05) is 19.3 Å². The Labute approximate surface area is 179 Å². The average Bonchev–Trinajstić information content (AvgIpc) is 3.22. The molecule has 2 aromatic heterocycles. The van der Waals surface area contributed by atoms with Gasteiger partial charge in [-0.25, -0.2) is 9.59 Å². The van der Waals surface area contributed by atoms with Crippen LogP contribution in [0.25, 0.3) is 0 Å². The lowest BCUT2D eigenvalue weighted by molar-refractivity contribution is 0.0527. The van der Waals surface area contributed by atoms with Gasteiger partial charge in [-0.3, -0.25) is 4.68 Å². The minimum Gasteiger partial charge on any atom is -0.462 e. The highest BCUT2D eigenvalue weighted by Gasteiger charge is 2.26. The molecule has 0 aliphatic rings. The van der Waals surface area contributed by atoms with E-state index in [-0.39, 0.29) is 13.2 Å². The lowest BCUT2D eigenvalue weighted by Crippen LogP contribution is -2.30. The van der Waals surface area contributed by atoms with Crippen LogP contribution in [0.1, 0.15) is 51.6 Å². The Morgan fingerprint density at radius 1 is 1.21 bits per heavy atom. The van der Waals surface area contributed by atoms with E-state index in [0.717, 1.165) is 30.0 Å². The zero-order chi connectivity index (χ0) is 21.4. The first-order valence-electron chi connectivity index (χ1n) is 9.39. The maximum absolute atomic E-state index is 12.4. The van der Waals surface area contributed by atoms with Crippen LogP contribution in [0.4, 0.5) is 5.00 Å². The highest BCUT2D eigenvalue weighted by molar-refractivity contribution is 7.80. The standard InChI is InChI=1S/C19H26N4O4S2/c1-5-26-17(24)14-13(4)15(18(25)27-6-2)29-16(14)21-19(28)20-9-7-10-23-11-8-12(3)22-23/h8,11H,5-7,9-10H2,1-4H3,(H2,20,21,28). The molecule has 2 N–H and O–H groups in total. The maximum Gasteiger partial charge on any atom is 0.348 e. The number of carbonyl (C=O) groups is 2. The van der Waals surface area contributed by atoms with E-state index in [1.54, 1.807) is 20.8 Å². The van der Waals surface area contributed by atoms with E-state index in [1.165, 1.54) is 0 Å². The third-order valence-corrected chi connectivity index (χ3v) is 5.37. The molecule has 0 unspecified atom stereocenters. The Morgan fingerprint density at radius 3 is 2.52 bits per heavy atom. The van der Waals surface area contributed by atoms with Crippen LogP contribution < -0.4 is 10.6 Å². The summed E-state index contributed by atoms with van der Waals surface area (Å²) >= 11 is 6.47. The van der Waals surface area contributed by atoms with Crippen LogP contribution >= 0.6 is 23.6 Å². The molecular weight excluding hydrogens is 412 g/mol. The van der Waals surface area contributed by atoms with Gasteiger partial charge in [-0.2, -0.15) is 5.10 Å². The van der Waals surface area contributed by atoms with E-state index in [0.29, 0.717) is 32.7 Å². The summed E-state index contributed by atoms with van der Waals surface area (Å²) in [7, 11) is 0. The molecule has 2 heterocycles. The number of ether oxygens (including phenoxy) is 2. The quantitative estimate of drug-likeness (QED) is 0.350. The Hall–Kier alpha value is -2.46. The van der Waals surface area contributed by atoms with Crippen molar-refractivity contribution in [3.8, 4) is 0 Å². The highest BCUT2D eigenvalue weighted by Crippen LogP contribution is 2.34. The van der Waals surface area contributed by atoms with Crippen molar-refractivity contribution in [3.63, 3.8) is 0 Å². The molecular formula is C19H26N4O4S2. The van der Waals surface area contributed by atoms with Gasteiger partial charge in [0.15, 0.2) is 5.11 Å². The van der Waals surface area contributed by atoms with Crippen molar-refractivity contribution in [3.05, 3.63) is 34.0 Å². The predicted molar refractivity (Wildman–Crippen MR) is 117 cm³/mol. The second-order valence-electron chi connectivity index (χ2n) is 6.16. The number of carbonyl (C=O) groups excluding carboxylic acids is 2. The number of aromatic nitrogens is 2. The summed E-state index contributed by atoms with van der Waals surface area (Å²) in [5.74, 6) is -0.974. The molecule has 0 atom stereocenters. The van der Waals surface area contributed by atoms with E-state index in [1.807, 2.05) is 23.9 Å². The van der Waals surface area contributed by atoms with Gasteiger partial charge in [-0.1, -0.05) is 0 Å². The molecule has 10 heteroatoms. The lowest BCUT2D eigenvalue weighted by atomic mass is 10.1. The van der Waals surface area contributed by atoms with Crippen LogP contribution in [0.3, 0.4) is 0 Å². The van der Waals surface area contributed by atoms with Gasteiger partial charge < -0.3 is 20.1 Å². The van der Waals surface area contributed by atoms with Crippen molar-refractivity contribution >= 4 is 45.6 Å². The molecule has 2 aromatic rings. The van der Waals surface area contributed by atoms with Crippen LogP contribution in [0.15, 0.2) is 12.3 Å². The maximum atomic E-state index is 12.4. The molecule has 2 rings (SSSR count). The smallest absolute Gasteiger partial charge is 0.348 e. The lowest BCUT2D eigenvalue weighted by Gasteiger charge is -2.11. The van der Waals surface area contributed by atoms with Crippen molar-refractivity contribution < 1.29 is 19.1 Å². The number of hydrogen-bond acceptors (Lipinski definition) is 7. The van der Waals surface area contributed by atoms with Crippen molar-refractivity contribution in [1.82, 2.24) is 15.1 Å². The molecule has 158 valence electrons. The molecule has 0 amide bonds. The van der Waals surface area contributed by atoms with Gasteiger partial charge >= 0.3 is 11.9 Å². The first kappa shape index (κ1) is 22.8. The molecule has 0 saturated carbocycles. The number of nitrogens with zero attached hydrogens (tertiary/aromatic N) is 2. The Morgan fingerprint density at radius 2 is 1.90 bits per heavy atom. The van der Waals surface area contributed by atoms with Crippen molar-refractivity contribution in [2.24, 2.45) is 0 Å². The number of rotatable bonds is 9.